The number of nitrogens with zero attached hydrogens (tertiary/aromatic N) is 3. The molecular formula is C24H29N3O4S2. The second-order valence-electron chi connectivity index (χ2n) is 8.47. The molecule has 4 rings (SSSR count). The first-order valence-corrected chi connectivity index (χ1v) is 13.3. The lowest BCUT2D eigenvalue weighted by atomic mass is 9.99. The maximum Gasteiger partial charge on any atom is 0.252 e. The lowest BCUT2D eigenvalue weighted by Crippen LogP contribution is -2.42. The van der Waals surface area contributed by atoms with Gasteiger partial charge >= 0.3 is 0 Å². The number of hydrogen-bond donors (Lipinski definition) is 0. The van der Waals surface area contributed by atoms with Crippen molar-refractivity contribution in [2.45, 2.75) is 38.1 Å². The summed E-state index contributed by atoms with van der Waals surface area (Å²) in [4.78, 5) is 18.5. The number of aromatic nitrogens is 1. The minimum absolute atomic E-state index is 0.153. The zero-order chi connectivity index (χ0) is 23.6. The van der Waals surface area contributed by atoms with Gasteiger partial charge in [0.1, 0.15) is 0 Å². The van der Waals surface area contributed by atoms with Gasteiger partial charge in [-0.2, -0.15) is 9.30 Å². The van der Waals surface area contributed by atoms with E-state index in [1.54, 1.807) is 31.4 Å². The summed E-state index contributed by atoms with van der Waals surface area (Å²) in [6.07, 6.45) is 1.26. The van der Waals surface area contributed by atoms with Gasteiger partial charge in [0, 0.05) is 26.7 Å². The molecule has 9 heteroatoms. The van der Waals surface area contributed by atoms with Crippen LogP contribution >= 0.6 is 11.3 Å². The number of rotatable bonds is 6. The number of carbonyl (C=O) groups excluding carboxylic acids is 1. The van der Waals surface area contributed by atoms with Crippen molar-refractivity contribution in [3.63, 3.8) is 0 Å². The van der Waals surface area contributed by atoms with Crippen LogP contribution in [0.4, 0.5) is 0 Å². The molecule has 0 spiro atoms. The first-order valence-electron chi connectivity index (χ1n) is 11.0. The van der Waals surface area contributed by atoms with Crippen LogP contribution < -0.4 is 4.80 Å². The van der Waals surface area contributed by atoms with Crippen LogP contribution in [-0.4, -0.2) is 50.0 Å². The molecular weight excluding hydrogens is 458 g/mol. The van der Waals surface area contributed by atoms with Gasteiger partial charge < -0.3 is 9.30 Å². The molecule has 1 saturated heterocycles. The summed E-state index contributed by atoms with van der Waals surface area (Å²) < 4.78 is 36.0. The maximum atomic E-state index is 13.2. The maximum absolute atomic E-state index is 13.2. The Balaban J connectivity index is 1.62. The lowest BCUT2D eigenvalue weighted by molar-refractivity contribution is -0.122. The molecule has 1 amide bonds. The highest BCUT2D eigenvalue weighted by Crippen LogP contribution is 2.25. The van der Waals surface area contributed by atoms with Gasteiger partial charge in [0.05, 0.1) is 27.6 Å². The molecule has 2 aromatic carbocycles. The Morgan fingerprint density at radius 3 is 2.61 bits per heavy atom. The van der Waals surface area contributed by atoms with Crippen LogP contribution in [0.1, 0.15) is 24.0 Å². The number of fused-ring (bicyclic) bond motifs is 1. The van der Waals surface area contributed by atoms with Crippen LogP contribution in [0.15, 0.2) is 52.4 Å². The summed E-state index contributed by atoms with van der Waals surface area (Å²) in [5.74, 6) is -0.727. The average molecular weight is 488 g/mol. The van der Waals surface area contributed by atoms with Crippen LogP contribution in [0, 0.1) is 19.8 Å². The van der Waals surface area contributed by atoms with Crippen LogP contribution in [0.3, 0.4) is 0 Å². The SMILES string of the molecule is COCCn1c(=NC(=O)C2CCCN(S(=O)(=O)c3ccc(C)cc3)C2)sc2cc(C)ccc21. The predicted molar refractivity (Wildman–Crippen MR) is 130 cm³/mol. The summed E-state index contributed by atoms with van der Waals surface area (Å²) in [6, 6.07) is 13.0. The first kappa shape index (κ1) is 23.8. The monoisotopic (exact) mass is 487 g/mol. The molecule has 1 unspecified atom stereocenters. The molecule has 1 aromatic heterocycles. The number of aryl methyl sites for hydroxylation is 2. The number of amides is 1. The third-order valence-corrected chi connectivity index (χ3v) is 8.88. The third kappa shape index (κ3) is 5.11. The zero-order valence-electron chi connectivity index (χ0n) is 19.2. The molecule has 7 nitrogen and oxygen atoms in total. The fourth-order valence-corrected chi connectivity index (χ4v) is 6.76. The summed E-state index contributed by atoms with van der Waals surface area (Å²) >= 11 is 1.47. The summed E-state index contributed by atoms with van der Waals surface area (Å²) in [7, 11) is -2.00. The van der Waals surface area contributed by atoms with Crippen molar-refractivity contribution < 1.29 is 17.9 Å². The molecule has 1 aliphatic heterocycles. The van der Waals surface area contributed by atoms with Gasteiger partial charge in [-0.15, -0.1) is 0 Å². The Hall–Kier alpha value is -2.33. The van der Waals surface area contributed by atoms with E-state index in [1.807, 2.05) is 30.5 Å². The first-order chi connectivity index (χ1) is 15.8. The molecule has 2 heterocycles. The van der Waals surface area contributed by atoms with Crippen LogP contribution in [0.25, 0.3) is 10.2 Å². The van der Waals surface area contributed by atoms with Gasteiger partial charge in [-0.3, -0.25) is 4.79 Å². The molecule has 0 bridgehead atoms. The number of carbonyl (C=O) groups is 1. The average Bonchev–Trinajstić information content (AvgIpc) is 3.13. The van der Waals surface area contributed by atoms with Gasteiger partial charge in [0.2, 0.25) is 10.0 Å². The number of methoxy groups -OCH3 is 1. The number of hydrogen-bond acceptors (Lipinski definition) is 5. The number of thiazole rings is 1. The summed E-state index contributed by atoms with van der Waals surface area (Å²) in [5, 5.41) is 0. The molecule has 0 N–H and O–H groups in total. The van der Waals surface area contributed by atoms with Gasteiger partial charge in [0.15, 0.2) is 4.80 Å². The van der Waals surface area contributed by atoms with Crippen molar-refractivity contribution in [2.75, 3.05) is 26.8 Å². The molecule has 0 saturated carbocycles. The molecule has 176 valence electrons. The second-order valence-corrected chi connectivity index (χ2v) is 11.4. The van der Waals surface area contributed by atoms with Gasteiger partial charge in [-0.1, -0.05) is 35.1 Å². The van der Waals surface area contributed by atoms with E-state index in [4.69, 9.17) is 4.74 Å². The van der Waals surface area contributed by atoms with Crippen LogP contribution in [-0.2, 0) is 26.1 Å². The molecule has 3 aromatic rings. The number of benzene rings is 2. The van der Waals surface area contributed by atoms with Crippen LogP contribution in [0.5, 0.6) is 0 Å². The van der Waals surface area contributed by atoms with Crippen molar-refractivity contribution in [2.24, 2.45) is 10.9 Å². The molecule has 1 fully saturated rings. The highest BCUT2D eigenvalue weighted by molar-refractivity contribution is 7.89. The molecule has 1 aliphatic rings. The number of ether oxygens (including phenoxy) is 1. The smallest absolute Gasteiger partial charge is 0.252 e. The Morgan fingerprint density at radius 2 is 1.88 bits per heavy atom. The minimum Gasteiger partial charge on any atom is -0.383 e. The highest BCUT2D eigenvalue weighted by Gasteiger charge is 2.33. The molecule has 0 aliphatic carbocycles. The Morgan fingerprint density at radius 1 is 1.15 bits per heavy atom. The molecule has 33 heavy (non-hydrogen) atoms. The van der Waals surface area contributed by atoms with E-state index in [0.717, 1.165) is 21.3 Å². The number of piperidine rings is 1. The summed E-state index contributed by atoms with van der Waals surface area (Å²) in [5.41, 5.74) is 3.16. The van der Waals surface area contributed by atoms with E-state index < -0.39 is 15.9 Å². The number of sulfonamides is 1. The second kappa shape index (κ2) is 9.89. The zero-order valence-corrected chi connectivity index (χ0v) is 20.8. The minimum atomic E-state index is -3.64. The Kier molecular flexibility index (Phi) is 7.13. The predicted octanol–water partition coefficient (Wildman–Crippen LogP) is 3.49. The standard InChI is InChI=1S/C24H29N3O4S2/c1-17-6-9-20(10-7-17)33(29,30)26-12-4-5-19(16-26)23(28)25-24-27(13-14-31-3)21-11-8-18(2)15-22(21)32-24/h6-11,15,19H,4-5,12-14,16H2,1-3H3. The van der Waals surface area contributed by atoms with Gasteiger partial charge in [-0.05, 0) is 56.5 Å². The van der Waals surface area contributed by atoms with E-state index in [0.29, 0.717) is 37.3 Å². The van der Waals surface area contributed by atoms with Crippen LogP contribution in [0.2, 0.25) is 0 Å². The Labute approximate surface area is 198 Å². The highest BCUT2D eigenvalue weighted by atomic mass is 32.2. The normalized spacial score (nSPS) is 18.2. The molecule has 0 radical (unpaired) electrons. The fraction of sp³-hybridized carbons (Fsp3) is 0.417. The van der Waals surface area contributed by atoms with Crippen molar-refractivity contribution in [3.05, 3.63) is 58.4 Å². The third-order valence-electron chi connectivity index (χ3n) is 5.96. The lowest BCUT2D eigenvalue weighted by Gasteiger charge is -2.30. The Bertz CT molecular complexity index is 1320. The van der Waals surface area contributed by atoms with Gasteiger partial charge in [0.25, 0.3) is 5.91 Å². The van der Waals surface area contributed by atoms with Crippen molar-refractivity contribution in [3.8, 4) is 0 Å². The van der Waals surface area contributed by atoms with Gasteiger partial charge in [-0.25, -0.2) is 8.42 Å². The fourth-order valence-electron chi connectivity index (χ4n) is 4.07. The van der Waals surface area contributed by atoms with Crippen molar-refractivity contribution >= 4 is 37.5 Å². The topological polar surface area (TPSA) is 81.0 Å². The van der Waals surface area contributed by atoms with Crippen molar-refractivity contribution in [1.82, 2.24) is 8.87 Å². The van der Waals surface area contributed by atoms with E-state index in [9.17, 15) is 13.2 Å². The van der Waals surface area contributed by atoms with E-state index in [-0.39, 0.29) is 17.3 Å². The largest absolute Gasteiger partial charge is 0.383 e. The van der Waals surface area contributed by atoms with E-state index in [1.165, 1.54) is 15.6 Å². The quantitative estimate of drug-likeness (QED) is 0.533. The molecule has 1 atom stereocenters. The van der Waals surface area contributed by atoms with E-state index >= 15 is 0 Å². The van der Waals surface area contributed by atoms with Crippen molar-refractivity contribution in [1.29, 1.82) is 0 Å². The summed E-state index contributed by atoms with van der Waals surface area (Å²) in [6.45, 7) is 5.61. The van der Waals surface area contributed by atoms with E-state index in [2.05, 4.69) is 11.1 Å².